The smallest absolute Gasteiger partial charge is 0.247 e. The molecule has 1 unspecified atom stereocenters. The third-order valence-corrected chi connectivity index (χ3v) is 5.14. The molecule has 27 heavy (non-hydrogen) atoms. The summed E-state index contributed by atoms with van der Waals surface area (Å²) in [6.45, 7) is 1.79. The first kappa shape index (κ1) is 17.9. The molecule has 0 aromatic heterocycles. The Morgan fingerprint density at radius 3 is 2.78 bits per heavy atom. The molecule has 2 heterocycles. The molecule has 2 aromatic carbocycles. The zero-order valence-corrected chi connectivity index (χ0v) is 15.4. The summed E-state index contributed by atoms with van der Waals surface area (Å²) in [4.78, 5) is 14.6. The maximum Gasteiger partial charge on any atom is 0.247 e. The summed E-state index contributed by atoms with van der Waals surface area (Å²) in [5.41, 5.74) is 1.73. The number of hydrogen-bond donors (Lipinski definition) is 0. The summed E-state index contributed by atoms with van der Waals surface area (Å²) in [6, 6.07) is 10.3. The number of fused-ring (bicyclic) bond motifs is 1. The van der Waals surface area contributed by atoms with Crippen molar-refractivity contribution in [2.45, 2.75) is 18.9 Å². The molecule has 6 heteroatoms. The Morgan fingerprint density at radius 2 is 1.96 bits per heavy atom. The first-order valence-electron chi connectivity index (χ1n) is 8.95. The van der Waals surface area contributed by atoms with Gasteiger partial charge in [0.05, 0.1) is 11.1 Å². The Hall–Kier alpha value is -2.53. The number of rotatable bonds is 3. The topological polar surface area (TPSA) is 38.8 Å². The van der Waals surface area contributed by atoms with Gasteiger partial charge in [0.2, 0.25) is 5.91 Å². The minimum absolute atomic E-state index is 0.00906. The number of carbonyl (C=O) groups is 1. The van der Waals surface area contributed by atoms with Gasteiger partial charge in [-0.05, 0) is 54.3 Å². The highest BCUT2D eigenvalue weighted by atomic mass is 35.5. The number of benzene rings is 2. The second-order valence-corrected chi connectivity index (χ2v) is 7.01. The first-order valence-corrected chi connectivity index (χ1v) is 9.33. The number of carbonyl (C=O) groups excluding carboxylic acids is 1. The molecule has 1 saturated heterocycles. The summed E-state index contributed by atoms with van der Waals surface area (Å²) in [5, 5.41) is 0.0416. The molecule has 0 N–H and O–H groups in total. The molecule has 1 fully saturated rings. The van der Waals surface area contributed by atoms with Gasteiger partial charge < -0.3 is 14.4 Å². The highest BCUT2D eigenvalue weighted by molar-refractivity contribution is 6.30. The van der Waals surface area contributed by atoms with Crippen LogP contribution in [0.25, 0.3) is 6.08 Å². The largest absolute Gasteiger partial charge is 0.486 e. The van der Waals surface area contributed by atoms with Gasteiger partial charge in [-0.1, -0.05) is 23.7 Å². The first-order chi connectivity index (χ1) is 13.1. The highest BCUT2D eigenvalue weighted by Gasteiger charge is 2.29. The summed E-state index contributed by atoms with van der Waals surface area (Å²) >= 11 is 5.79. The van der Waals surface area contributed by atoms with Crippen molar-refractivity contribution >= 4 is 23.6 Å². The normalized spacial score (nSPS) is 18.9. The van der Waals surface area contributed by atoms with Crippen LogP contribution in [-0.4, -0.2) is 30.6 Å². The molecule has 0 spiro atoms. The molecule has 1 atom stereocenters. The fraction of sp³-hybridized carbons (Fsp3) is 0.286. The van der Waals surface area contributed by atoms with Gasteiger partial charge >= 0.3 is 0 Å². The summed E-state index contributed by atoms with van der Waals surface area (Å²) in [6.07, 6.45) is 5.02. The van der Waals surface area contributed by atoms with Gasteiger partial charge in [0.25, 0.3) is 0 Å². The Morgan fingerprint density at radius 1 is 1.15 bits per heavy atom. The minimum Gasteiger partial charge on any atom is -0.486 e. The lowest BCUT2D eigenvalue weighted by molar-refractivity contribution is -0.126. The maximum absolute atomic E-state index is 13.3. The maximum atomic E-state index is 13.3. The van der Waals surface area contributed by atoms with Gasteiger partial charge in [0.1, 0.15) is 19.0 Å². The standard InChI is InChI=1S/C21H19ClFNO3/c22-16-12-14(3-6-17(16)23)4-8-21(25)24-9-1-2-18(24)15-5-7-19-20(13-15)27-11-10-26-19/h3-8,12-13,18H,1-2,9-11H2. The van der Waals surface area contributed by atoms with Crippen molar-refractivity contribution in [2.75, 3.05) is 19.8 Å². The number of halogens is 2. The molecule has 2 aliphatic rings. The molecule has 2 aromatic rings. The van der Waals surface area contributed by atoms with E-state index in [1.165, 1.54) is 18.2 Å². The quantitative estimate of drug-likeness (QED) is 0.721. The second-order valence-electron chi connectivity index (χ2n) is 6.60. The van der Waals surface area contributed by atoms with Crippen molar-refractivity contribution < 1.29 is 18.7 Å². The van der Waals surface area contributed by atoms with Gasteiger partial charge in [-0.3, -0.25) is 4.79 Å². The lowest BCUT2D eigenvalue weighted by atomic mass is 10.0. The van der Waals surface area contributed by atoms with Crippen LogP contribution in [0.2, 0.25) is 5.02 Å². The van der Waals surface area contributed by atoms with Crippen LogP contribution in [0.4, 0.5) is 4.39 Å². The predicted octanol–water partition coefficient (Wildman–Crippen LogP) is 4.63. The molecule has 0 radical (unpaired) electrons. The lowest BCUT2D eigenvalue weighted by Gasteiger charge is -2.26. The summed E-state index contributed by atoms with van der Waals surface area (Å²) < 4.78 is 24.5. The van der Waals surface area contributed by atoms with Crippen LogP contribution in [-0.2, 0) is 4.79 Å². The third kappa shape index (κ3) is 3.78. The third-order valence-electron chi connectivity index (χ3n) is 4.85. The van der Waals surface area contributed by atoms with Gasteiger partial charge in [0.15, 0.2) is 11.5 Å². The Bertz CT molecular complexity index is 899. The van der Waals surface area contributed by atoms with Crippen LogP contribution < -0.4 is 9.47 Å². The Labute approximate surface area is 162 Å². The molecular formula is C21H19ClFNO3. The number of likely N-dealkylation sites (tertiary alicyclic amines) is 1. The predicted molar refractivity (Wildman–Crippen MR) is 102 cm³/mol. The molecule has 2 aliphatic heterocycles. The number of ether oxygens (including phenoxy) is 2. The average molecular weight is 388 g/mol. The zero-order chi connectivity index (χ0) is 18.8. The van der Waals surface area contributed by atoms with Crippen LogP contribution in [0.15, 0.2) is 42.5 Å². The molecule has 1 amide bonds. The van der Waals surface area contributed by atoms with Crippen LogP contribution in [0.1, 0.15) is 30.0 Å². The van der Waals surface area contributed by atoms with Crippen LogP contribution in [0.5, 0.6) is 11.5 Å². The van der Waals surface area contributed by atoms with E-state index in [2.05, 4.69) is 0 Å². The van der Waals surface area contributed by atoms with Gasteiger partial charge in [-0.15, -0.1) is 0 Å². The van der Waals surface area contributed by atoms with E-state index < -0.39 is 5.82 Å². The van der Waals surface area contributed by atoms with Gasteiger partial charge in [-0.25, -0.2) is 4.39 Å². The second kappa shape index (κ2) is 7.61. The number of nitrogens with zero attached hydrogens (tertiary/aromatic N) is 1. The molecule has 140 valence electrons. The van der Waals surface area contributed by atoms with Crippen LogP contribution in [0.3, 0.4) is 0 Å². The van der Waals surface area contributed by atoms with Crippen LogP contribution in [0, 0.1) is 5.82 Å². The van der Waals surface area contributed by atoms with E-state index >= 15 is 0 Å². The number of amides is 1. The van der Waals surface area contributed by atoms with Gasteiger partial charge in [0, 0.05) is 12.6 Å². The lowest BCUT2D eigenvalue weighted by Crippen LogP contribution is -2.29. The van der Waals surface area contributed by atoms with Crippen molar-refractivity contribution in [3.8, 4) is 11.5 Å². The average Bonchev–Trinajstić information content (AvgIpc) is 3.18. The van der Waals surface area contributed by atoms with E-state index in [1.807, 2.05) is 23.1 Å². The van der Waals surface area contributed by atoms with E-state index in [1.54, 1.807) is 12.1 Å². The van der Waals surface area contributed by atoms with Crippen molar-refractivity contribution in [1.82, 2.24) is 4.90 Å². The SMILES string of the molecule is O=C(C=Cc1ccc(F)c(Cl)c1)N1CCCC1c1ccc2c(c1)OCCO2. The fourth-order valence-corrected chi connectivity index (χ4v) is 3.71. The number of hydrogen-bond acceptors (Lipinski definition) is 3. The van der Waals surface area contributed by atoms with Crippen LogP contribution >= 0.6 is 11.6 Å². The monoisotopic (exact) mass is 387 g/mol. The van der Waals surface area contributed by atoms with Crippen molar-refractivity contribution in [2.24, 2.45) is 0 Å². The molecule has 0 saturated carbocycles. The molecule has 4 rings (SSSR count). The molecular weight excluding hydrogens is 369 g/mol. The molecule has 4 nitrogen and oxygen atoms in total. The van der Waals surface area contributed by atoms with Crippen molar-refractivity contribution in [3.05, 3.63) is 64.4 Å². The van der Waals surface area contributed by atoms with E-state index in [0.29, 0.717) is 25.3 Å². The van der Waals surface area contributed by atoms with Crippen molar-refractivity contribution in [1.29, 1.82) is 0 Å². The van der Waals surface area contributed by atoms with E-state index in [9.17, 15) is 9.18 Å². The fourth-order valence-electron chi connectivity index (χ4n) is 3.52. The minimum atomic E-state index is -0.474. The highest BCUT2D eigenvalue weighted by Crippen LogP contribution is 2.38. The van der Waals surface area contributed by atoms with Gasteiger partial charge in [-0.2, -0.15) is 0 Å². The van der Waals surface area contributed by atoms with E-state index in [-0.39, 0.29) is 17.0 Å². The van der Waals surface area contributed by atoms with Crippen molar-refractivity contribution in [3.63, 3.8) is 0 Å². The van der Waals surface area contributed by atoms with E-state index in [0.717, 1.165) is 29.9 Å². The summed E-state index contributed by atoms with van der Waals surface area (Å²) in [5.74, 6) is 0.926. The Balaban J connectivity index is 1.51. The zero-order valence-electron chi connectivity index (χ0n) is 14.7. The molecule has 0 aliphatic carbocycles. The van der Waals surface area contributed by atoms with E-state index in [4.69, 9.17) is 21.1 Å². The molecule has 0 bridgehead atoms. The Kier molecular flexibility index (Phi) is 5.03. The summed E-state index contributed by atoms with van der Waals surface area (Å²) in [7, 11) is 0.